The first-order valence-electron chi connectivity index (χ1n) is 7.78. The molecule has 0 aromatic heterocycles. The smallest absolute Gasteiger partial charge is 0.225 e. The van der Waals surface area contributed by atoms with Gasteiger partial charge in [-0.1, -0.05) is 26.0 Å². The Morgan fingerprint density at radius 3 is 2.48 bits per heavy atom. The van der Waals surface area contributed by atoms with Gasteiger partial charge in [0, 0.05) is 38.3 Å². The standard InChI is InChI=1S/C17H26N2O2/c1-4-14(2)17(20)18(3)13-15-5-7-16(8-6-15)19-9-11-21-12-10-19/h5-8,14H,4,9-13H2,1-3H3. The molecule has 2 rings (SSSR count). The van der Waals surface area contributed by atoms with Gasteiger partial charge in [0.1, 0.15) is 0 Å². The molecular formula is C17H26N2O2. The van der Waals surface area contributed by atoms with E-state index in [0.29, 0.717) is 6.54 Å². The monoisotopic (exact) mass is 290 g/mol. The third kappa shape index (κ3) is 4.21. The van der Waals surface area contributed by atoms with Crippen LogP contribution in [0.3, 0.4) is 0 Å². The van der Waals surface area contributed by atoms with Gasteiger partial charge in [0.2, 0.25) is 5.91 Å². The average Bonchev–Trinajstić information content (AvgIpc) is 2.54. The van der Waals surface area contributed by atoms with Gasteiger partial charge in [0.05, 0.1) is 13.2 Å². The fraction of sp³-hybridized carbons (Fsp3) is 0.588. The Labute approximate surface area is 127 Å². The number of benzene rings is 1. The number of rotatable bonds is 5. The molecular weight excluding hydrogens is 264 g/mol. The second-order valence-corrected chi connectivity index (χ2v) is 5.77. The van der Waals surface area contributed by atoms with Gasteiger partial charge < -0.3 is 14.5 Å². The summed E-state index contributed by atoms with van der Waals surface area (Å²) in [6, 6.07) is 8.51. The number of hydrogen-bond acceptors (Lipinski definition) is 3. The molecule has 1 fully saturated rings. The zero-order valence-corrected chi connectivity index (χ0v) is 13.3. The Hall–Kier alpha value is -1.55. The Balaban J connectivity index is 1.94. The van der Waals surface area contributed by atoms with E-state index in [4.69, 9.17) is 4.74 Å². The molecule has 1 unspecified atom stereocenters. The molecule has 1 saturated heterocycles. The highest BCUT2D eigenvalue weighted by Crippen LogP contribution is 2.18. The highest BCUT2D eigenvalue weighted by atomic mass is 16.5. The van der Waals surface area contributed by atoms with Crippen LogP contribution in [0.15, 0.2) is 24.3 Å². The predicted molar refractivity (Wildman–Crippen MR) is 85.4 cm³/mol. The Kier molecular flexibility index (Phi) is 5.62. The summed E-state index contributed by atoms with van der Waals surface area (Å²) < 4.78 is 5.37. The molecule has 1 atom stereocenters. The van der Waals surface area contributed by atoms with E-state index in [2.05, 4.69) is 29.2 Å². The topological polar surface area (TPSA) is 32.8 Å². The van der Waals surface area contributed by atoms with Crippen LogP contribution in [0.2, 0.25) is 0 Å². The Morgan fingerprint density at radius 1 is 1.29 bits per heavy atom. The normalized spacial score (nSPS) is 16.6. The van der Waals surface area contributed by atoms with E-state index in [-0.39, 0.29) is 11.8 Å². The minimum atomic E-state index is 0.0997. The lowest BCUT2D eigenvalue weighted by molar-refractivity contribution is -0.134. The van der Waals surface area contributed by atoms with Gasteiger partial charge in [-0.05, 0) is 24.1 Å². The summed E-state index contributed by atoms with van der Waals surface area (Å²) in [5, 5.41) is 0. The molecule has 0 radical (unpaired) electrons. The molecule has 1 aromatic carbocycles. The first-order valence-corrected chi connectivity index (χ1v) is 7.78. The molecule has 1 heterocycles. The van der Waals surface area contributed by atoms with Crippen molar-refractivity contribution >= 4 is 11.6 Å². The molecule has 1 amide bonds. The predicted octanol–water partition coefficient (Wildman–Crippen LogP) is 2.53. The largest absolute Gasteiger partial charge is 0.378 e. The molecule has 21 heavy (non-hydrogen) atoms. The van der Waals surface area contributed by atoms with Crippen molar-refractivity contribution in [3.05, 3.63) is 29.8 Å². The van der Waals surface area contributed by atoms with Crippen LogP contribution < -0.4 is 4.90 Å². The number of hydrogen-bond donors (Lipinski definition) is 0. The molecule has 0 spiro atoms. The van der Waals surface area contributed by atoms with E-state index in [1.165, 1.54) is 11.3 Å². The molecule has 0 bridgehead atoms. The van der Waals surface area contributed by atoms with Crippen molar-refractivity contribution in [3.63, 3.8) is 0 Å². The van der Waals surface area contributed by atoms with Crippen LogP contribution in [0.4, 0.5) is 5.69 Å². The molecule has 0 saturated carbocycles. The van der Waals surface area contributed by atoms with E-state index >= 15 is 0 Å². The van der Waals surface area contributed by atoms with Gasteiger partial charge in [-0.2, -0.15) is 0 Å². The van der Waals surface area contributed by atoms with E-state index < -0.39 is 0 Å². The van der Waals surface area contributed by atoms with Crippen LogP contribution in [0.25, 0.3) is 0 Å². The molecule has 1 aromatic rings. The fourth-order valence-corrected chi connectivity index (χ4v) is 2.54. The van der Waals surface area contributed by atoms with E-state index in [1.807, 2.05) is 25.8 Å². The lowest BCUT2D eigenvalue weighted by Gasteiger charge is -2.29. The van der Waals surface area contributed by atoms with Crippen molar-refractivity contribution in [1.29, 1.82) is 0 Å². The zero-order chi connectivity index (χ0) is 15.2. The van der Waals surface area contributed by atoms with Gasteiger partial charge in [0.25, 0.3) is 0 Å². The number of nitrogens with zero attached hydrogens (tertiary/aromatic N) is 2. The molecule has 1 aliphatic heterocycles. The quantitative estimate of drug-likeness (QED) is 0.835. The molecule has 1 aliphatic rings. The number of amides is 1. The van der Waals surface area contributed by atoms with Crippen LogP contribution in [0, 0.1) is 5.92 Å². The maximum atomic E-state index is 12.1. The maximum Gasteiger partial charge on any atom is 0.225 e. The first-order chi connectivity index (χ1) is 10.1. The summed E-state index contributed by atoms with van der Waals surface area (Å²) in [5.41, 5.74) is 2.41. The maximum absolute atomic E-state index is 12.1. The minimum absolute atomic E-state index is 0.0997. The highest BCUT2D eigenvalue weighted by Gasteiger charge is 2.16. The summed E-state index contributed by atoms with van der Waals surface area (Å²) in [5.74, 6) is 0.317. The molecule has 116 valence electrons. The van der Waals surface area contributed by atoms with Gasteiger partial charge in [-0.25, -0.2) is 0 Å². The van der Waals surface area contributed by atoms with E-state index in [0.717, 1.165) is 32.7 Å². The minimum Gasteiger partial charge on any atom is -0.378 e. The third-order valence-electron chi connectivity index (χ3n) is 4.14. The number of morpholine rings is 1. The second-order valence-electron chi connectivity index (χ2n) is 5.77. The van der Waals surface area contributed by atoms with Crippen molar-refractivity contribution in [2.75, 3.05) is 38.3 Å². The van der Waals surface area contributed by atoms with Gasteiger partial charge in [-0.15, -0.1) is 0 Å². The van der Waals surface area contributed by atoms with Gasteiger partial charge in [0.15, 0.2) is 0 Å². The van der Waals surface area contributed by atoms with Crippen LogP contribution in [0.1, 0.15) is 25.8 Å². The van der Waals surface area contributed by atoms with E-state index in [9.17, 15) is 4.79 Å². The average molecular weight is 290 g/mol. The van der Waals surface area contributed by atoms with Crippen molar-refractivity contribution in [2.24, 2.45) is 5.92 Å². The zero-order valence-electron chi connectivity index (χ0n) is 13.3. The summed E-state index contributed by atoms with van der Waals surface area (Å²) in [7, 11) is 1.88. The number of carbonyl (C=O) groups excluding carboxylic acids is 1. The van der Waals surface area contributed by atoms with Crippen LogP contribution in [-0.4, -0.2) is 44.2 Å². The summed E-state index contributed by atoms with van der Waals surface area (Å²) >= 11 is 0. The lowest BCUT2D eigenvalue weighted by Crippen LogP contribution is -2.36. The summed E-state index contributed by atoms with van der Waals surface area (Å²) in [4.78, 5) is 16.2. The van der Waals surface area contributed by atoms with Crippen molar-refractivity contribution in [2.45, 2.75) is 26.8 Å². The highest BCUT2D eigenvalue weighted by molar-refractivity contribution is 5.78. The number of ether oxygens (including phenoxy) is 1. The first kappa shape index (κ1) is 15.8. The number of anilines is 1. The number of carbonyl (C=O) groups is 1. The van der Waals surface area contributed by atoms with Crippen molar-refractivity contribution in [1.82, 2.24) is 4.90 Å². The summed E-state index contributed by atoms with van der Waals surface area (Å²) in [6.45, 7) is 8.21. The lowest BCUT2D eigenvalue weighted by atomic mass is 10.1. The van der Waals surface area contributed by atoms with Gasteiger partial charge >= 0.3 is 0 Å². The second kappa shape index (κ2) is 7.46. The van der Waals surface area contributed by atoms with Crippen LogP contribution in [-0.2, 0) is 16.1 Å². The summed E-state index contributed by atoms with van der Waals surface area (Å²) in [6.07, 6.45) is 0.888. The Morgan fingerprint density at radius 2 is 1.90 bits per heavy atom. The molecule has 4 nitrogen and oxygen atoms in total. The van der Waals surface area contributed by atoms with Gasteiger partial charge in [-0.3, -0.25) is 4.79 Å². The van der Waals surface area contributed by atoms with Crippen molar-refractivity contribution in [3.8, 4) is 0 Å². The SMILES string of the molecule is CCC(C)C(=O)N(C)Cc1ccc(N2CCOCC2)cc1. The molecule has 0 N–H and O–H groups in total. The fourth-order valence-electron chi connectivity index (χ4n) is 2.54. The molecule has 0 aliphatic carbocycles. The van der Waals surface area contributed by atoms with Crippen LogP contribution >= 0.6 is 0 Å². The van der Waals surface area contributed by atoms with Crippen molar-refractivity contribution < 1.29 is 9.53 Å². The van der Waals surface area contributed by atoms with E-state index in [1.54, 1.807) is 0 Å². The third-order valence-corrected chi connectivity index (χ3v) is 4.14. The molecule has 4 heteroatoms. The Bertz CT molecular complexity index is 452. The van der Waals surface area contributed by atoms with Crippen LogP contribution in [0.5, 0.6) is 0 Å².